The Labute approximate surface area is 119 Å². The molecule has 0 N–H and O–H groups in total. The second-order valence-electron chi connectivity index (χ2n) is 4.91. The number of halogens is 1. The summed E-state index contributed by atoms with van der Waals surface area (Å²) in [5.74, 6) is -0.0681. The third kappa shape index (κ3) is 3.28. The van der Waals surface area contributed by atoms with Gasteiger partial charge < -0.3 is 4.74 Å². The van der Waals surface area contributed by atoms with Crippen LogP contribution in [0.4, 0.5) is 0 Å². The summed E-state index contributed by atoms with van der Waals surface area (Å²) in [5, 5.41) is 0.486. The lowest BCUT2D eigenvalue weighted by atomic mass is 10.2. The summed E-state index contributed by atoms with van der Waals surface area (Å²) in [6, 6.07) is 6.75. The van der Waals surface area contributed by atoms with E-state index in [1.54, 1.807) is 28.6 Å². The van der Waals surface area contributed by atoms with Crippen molar-refractivity contribution in [3.05, 3.63) is 34.9 Å². The van der Waals surface area contributed by atoms with Crippen LogP contribution in [0, 0.1) is 0 Å². The van der Waals surface area contributed by atoms with Gasteiger partial charge >= 0.3 is 0 Å². The van der Waals surface area contributed by atoms with Gasteiger partial charge in [-0.3, -0.25) is 0 Å². The third-order valence-electron chi connectivity index (χ3n) is 3.20. The number of hydrogen-bond donors (Lipinski definition) is 0. The summed E-state index contributed by atoms with van der Waals surface area (Å²) >= 11 is 6.03. The van der Waals surface area contributed by atoms with Gasteiger partial charge in [-0.1, -0.05) is 29.8 Å². The van der Waals surface area contributed by atoms with Crippen LogP contribution in [0.15, 0.2) is 24.3 Å². The molecule has 1 saturated heterocycles. The molecule has 6 heteroatoms. The number of ether oxygens (including phenoxy) is 1. The summed E-state index contributed by atoms with van der Waals surface area (Å²) in [6.45, 7) is 4.60. The molecule has 1 heterocycles. The Morgan fingerprint density at radius 2 is 1.84 bits per heavy atom. The van der Waals surface area contributed by atoms with E-state index < -0.39 is 10.0 Å². The summed E-state index contributed by atoms with van der Waals surface area (Å²) in [6.07, 6.45) is 0. The van der Waals surface area contributed by atoms with Gasteiger partial charge in [0.25, 0.3) is 0 Å². The first-order valence-corrected chi connectivity index (χ1v) is 8.23. The molecule has 0 saturated carbocycles. The Bertz CT molecular complexity index is 537. The summed E-state index contributed by atoms with van der Waals surface area (Å²) in [4.78, 5) is 0. The Morgan fingerprint density at radius 1 is 1.26 bits per heavy atom. The van der Waals surface area contributed by atoms with Crippen LogP contribution in [0.2, 0.25) is 5.02 Å². The maximum absolute atomic E-state index is 12.5. The molecule has 1 aliphatic heterocycles. The Morgan fingerprint density at radius 3 is 2.42 bits per heavy atom. The van der Waals surface area contributed by atoms with E-state index in [2.05, 4.69) is 0 Å². The van der Waals surface area contributed by atoms with Gasteiger partial charge in [-0.15, -0.1) is 0 Å². The Hall–Kier alpha value is -0.620. The molecule has 0 aliphatic carbocycles. The first-order valence-electron chi connectivity index (χ1n) is 6.24. The van der Waals surface area contributed by atoms with Gasteiger partial charge in [0.1, 0.15) is 0 Å². The standard InChI is InChI=1S/C13H18ClNO3S/c1-10-7-18-8-11(2)15(10)19(16,17)9-12-5-3-4-6-13(12)14/h3-6,10-11H,7-9H2,1-2H3. The van der Waals surface area contributed by atoms with E-state index in [0.29, 0.717) is 23.8 Å². The van der Waals surface area contributed by atoms with E-state index in [4.69, 9.17) is 16.3 Å². The van der Waals surface area contributed by atoms with Crippen molar-refractivity contribution in [3.8, 4) is 0 Å². The number of benzene rings is 1. The van der Waals surface area contributed by atoms with Gasteiger partial charge in [-0.05, 0) is 25.5 Å². The maximum atomic E-state index is 12.5. The fraction of sp³-hybridized carbons (Fsp3) is 0.538. The number of morpholine rings is 1. The van der Waals surface area contributed by atoms with E-state index >= 15 is 0 Å². The van der Waals surface area contributed by atoms with Crippen LogP contribution in [-0.2, 0) is 20.5 Å². The summed E-state index contributed by atoms with van der Waals surface area (Å²) in [5.41, 5.74) is 0.634. The number of sulfonamides is 1. The van der Waals surface area contributed by atoms with Crippen molar-refractivity contribution in [1.29, 1.82) is 0 Å². The lowest BCUT2D eigenvalue weighted by Crippen LogP contribution is -2.52. The molecule has 1 aromatic carbocycles. The minimum atomic E-state index is -3.39. The van der Waals surface area contributed by atoms with Crippen molar-refractivity contribution >= 4 is 21.6 Å². The minimum Gasteiger partial charge on any atom is -0.378 e. The third-order valence-corrected chi connectivity index (χ3v) is 5.61. The van der Waals surface area contributed by atoms with E-state index in [9.17, 15) is 8.42 Å². The Balaban J connectivity index is 2.25. The minimum absolute atomic E-state index is 0.0681. The molecule has 0 radical (unpaired) electrons. The molecule has 4 nitrogen and oxygen atoms in total. The largest absolute Gasteiger partial charge is 0.378 e. The number of rotatable bonds is 3. The van der Waals surface area contributed by atoms with Crippen LogP contribution in [0.3, 0.4) is 0 Å². The van der Waals surface area contributed by atoms with Crippen LogP contribution in [-0.4, -0.2) is 38.0 Å². The molecule has 0 amide bonds. The highest BCUT2D eigenvalue weighted by Crippen LogP contribution is 2.24. The molecule has 2 unspecified atom stereocenters. The molecule has 2 atom stereocenters. The predicted octanol–water partition coefficient (Wildman–Crippen LogP) is 2.28. The lowest BCUT2D eigenvalue weighted by Gasteiger charge is -2.37. The lowest BCUT2D eigenvalue weighted by molar-refractivity contribution is 0.00629. The molecule has 2 rings (SSSR count). The van der Waals surface area contributed by atoms with Crippen LogP contribution in [0.25, 0.3) is 0 Å². The highest BCUT2D eigenvalue weighted by molar-refractivity contribution is 7.88. The van der Waals surface area contributed by atoms with Crippen molar-refractivity contribution in [3.63, 3.8) is 0 Å². The summed E-state index contributed by atoms with van der Waals surface area (Å²) in [7, 11) is -3.39. The van der Waals surface area contributed by atoms with Gasteiger partial charge in [0.2, 0.25) is 10.0 Å². The number of nitrogens with zero attached hydrogens (tertiary/aromatic N) is 1. The zero-order valence-electron chi connectivity index (χ0n) is 11.0. The van der Waals surface area contributed by atoms with Crippen LogP contribution in [0.5, 0.6) is 0 Å². The van der Waals surface area contributed by atoms with Gasteiger partial charge in [0.15, 0.2) is 0 Å². The molecule has 106 valence electrons. The molecule has 0 aromatic heterocycles. The summed E-state index contributed by atoms with van der Waals surface area (Å²) < 4.78 is 32.0. The van der Waals surface area contributed by atoms with E-state index in [1.807, 2.05) is 13.8 Å². The SMILES string of the molecule is CC1COCC(C)N1S(=O)(=O)Cc1ccccc1Cl. The molecule has 0 spiro atoms. The van der Waals surface area contributed by atoms with Gasteiger partial charge in [-0.2, -0.15) is 4.31 Å². The monoisotopic (exact) mass is 303 g/mol. The molecule has 1 fully saturated rings. The molecule has 1 aromatic rings. The topological polar surface area (TPSA) is 46.6 Å². The van der Waals surface area contributed by atoms with Crippen molar-refractivity contribution in [2.45, 2.75) is 31.7 Å². The molecular weight excluding hydrogens is 286 g/mol. The van der Waals surface area contributed by atoms with Crippen molar-refractivity contribution in [2.24, 2.45) is 0 Å². The first-order chi connectivity index (χ1) is 8.92. The molecule has 1 aliphatic rings. The predicted molar refractivity (Wildman–Crippen MR) is 75.7 cm³/mol. The van der Waals surface area contributed by atoms with E-state index in [1.165, 1.54) is 0 Å². The fourth-order valence-corrected chi connectivity index (χ4v) is 4.72. The van der Waals surface area contributed by atoms with Crippen LogP contribution < -0.4 is 0 Å². The number of hydrogen-bond acceptors (Lipinski definition) is 3. The average Bonchev–Trinajstić information content (AvgIpc) is 2.31. The van der Waals surface area contributed by atoms with Crippen LogP contribution in [0.1, 0.15) is 19.4 Å². The Kier molecular flexibility index (Phi) is 4.50. The quantitative estimate of drug-likeness (QED) is 0.860. The van der Waals surface area contributed by atoms with Crippen LogP contribution >= 0.6 is 11.6 Å². The van der Waals surface area contributed by atoms with Crippen molar-refractivity contribution < 1.29 is 13.2 Å². The van der Waals surface area contributed by atoms with Crippen molar-refractivity contribution in [1.82, 2.24) is 4.31 Å². The van der Waals surface area contributed by atoms with Gasteiger partial charge in [-0.25, -0.2) is 8.42 Å². The molecule has 0 bridgehead atoms. The fourth-order valence-electron chi connectivity index (χ4n) is 2.43. The second kappa shape index (κ2) is 5.79. The average molecular weight is 304 g/mol. The highest BCUT2D eigenvalue weighted by atomic mass is 35.5. The second-order valence-corrected chi connectivity index (χ2v) is 7.19. The van der Waals surface area contributed by atoms with Gasteiger partial charge in [0, 0.05) is 17.1 Å². The zero-order chi connectivity index (χ0) is 14.0. The zero-order valence-corrected chi connectivity index (χ0v) is 12.6. The van der Waals surface area contributed by atoms with Gasteiger partial charge in [0.05, 0.1) is 19.0 Å². The molecule has 19 heavy (non-hydrogen) atoms. The highest BCUT2D eigenvalue weighted by Gasteiger charge is 2.35. The maximum Gasteiger partial charge on any atom is 0.218 e. The molecular formula is C13H18ClNO3S. The normalized spacial score (nSPS) is 25.4. The smallest absolute Gasteiger partial charge is 0.218 e. The van der Waals surface area contributed by atoms with Crippen molar-refractivity contribution in [2.75, 3.05) is 13.2 Å². The van der Waals surface area contributed by atoms with E-state index in [-0.39, 0.29) is 17.8 Å². The first kappa shape index (κ1) is 14.8. The van der Waals surface area contributed by atoms with E-state index in [0.717, 1.165) is 0 Å².